The number of H-pyrrole nitrogens is 1. The Morgan fingerprint density at radius 2 is 2.24 bits per heavy atom. The quantitative estimate of drug-likeness (QED) is 0.831. The molecular formula is C18H21N5O2. The molecule has 1 aliphatic heterocycles. The second-order valence-corrected chi connectivity index (χ2v) is 6.59. The van der Waals surface area contributed by atoms with E-state index in [-0.39, 0.29) is 11.9 Å². The van der Waals surface area contributed by atoms with Crippen LogP contribution in [0.3, 0.4) is 0 Å². The Balaban J connectivity index is 1.61. The van der Waals surface area contributed by atoms with Crippen molar-refractivity contribution >= 4 is 5.91 Å². The maximum Gasteiger partial charge on any atom is 0.235 e. The molecule has 0 saturated carbocycles. The van der Waals surface area contributed by atoms with Gasteiger partial charge in [-0.1, -0.05) is 36.4 Å². The predicted molar refractivity (Wildman–Crippen MR) is 91.0 cm³/mol. The van der Waals surface area contributed by atoms with E-state index in [2.05, 4.69) is 45.0 Å². The molecule has 4 rings (SSSR count). The van der Waals surface area contributed by atoms with Gasteiger partial charge in [-0.15, -0.1) is 10.2 Å². The Morgan fingerprint density at radius 1 is 1.40 bits per heavy atom. The van der Waals surface area contributed by atoms with Gasteiger partial charge in [0.25, 0.3) is 0 Å². The number of allylic oxidation sites excluding steroid dienone is 2. The van der Waals surface area contributed by atoms with Crippen molar-refractivity contribution in [3.8, 4) is 5.75 Å². The Bertz CT molecular complexity index is 792. The normalized spacial score (nSPS) is 20.8. The minimum atomic E-state index is -0.770. The fourth-order valence-electron chi connectivity index (χ4n) is 3.60. The number of carbonyl (C=O) groups excluding carboxylic acids is 1. The lowest BCUT2D eigenvalue weighted by Gasteiger charge is -2.31. The first-order chi connectivity index (χ1) is 12.2. The van der Waals surface area contributed by atoms with Gasteiger partial charge in [-0.05, 0) is 30.9 Å². The fourth-order valence-corrected chi connectivity index (χ4v) is 3.60. The van der Waals surface area contributed by atoms with Gasteiger partial charge in [0.1, 0.15) is 11.2 Å². The molecule has 1 aromatic carbocycles. The highest BCUT2D eigenvalue weighted by molar-refractivity contribution is 5.88. The number of hydrogen-bond acceptors (Lipinski definition) is 5. The van der Waals surface area contributed by atoms with Gasteiger partial charge >= 0.3 is 0 Å². The molecule has 130 valence electrons. The van der Waals surface area contributed by atoms with Gasteiger partial charge < -0.3 is 10.1 Å². The van der Waals surface area contributed by atoms with Crippen molar-refractivity contribution in [2.75, 3.05) is 6.61 Å². The lowest BCUT2D eigenvalue weighted by molar-refractivity contribution is -0.127. The summed E-state index contributed by atoms with van der Waals surface area (Å²) in [5, 5.41) is 17.5. The van der Waals surface area contributed by atoms with Gasteiger partial charge in [-0.25, -0.2) is 0 Å². The van der Waals surface area contributed by atoms with Crippen molar-refractivity contribution in [2.24, 2.45) is 0 Å². The number of carbonyl (C=O) groups is 1. The molecule has 2 heterocycles. The van der Waals surface area contributed by atoms with Crippen LogP contribution in [-0.4, -0.2) is 33.1 Å². The van der Waals surface area contributed by atoms with Crippen LogP contribution in [0.2, 0.25) is 0 Å². The maximum atomic E-state index is 13.2. The Kier molecular flexibility index (Phi) is 3.99. The summed E-state index contributed by atoms with van der Waals surface area (Å²) in [6.45, 7) is 2.71. The van der Waals surface area contributed by atoms with Crippen molar-refractivity contribution in [3.05, 3.63) is 47.3 Å². The number of aromatic amines is 1. The van der Waals surface area contributed by atoms with E-state index in [9.17, 15) is 4.79 Å². The summed E-state index contributed by atoms with van der Waals surface area (Å²) in [6.07, 6.45) is 6.88. The van der Waals surface area contributed by atoms with Crippen LogP contribution in [0.25, 0.3) is 0 Å². The summed E-state index contributed by atoms with van der Waals surface area (Å²) >= 11 is 0. The molecule has 2 N–H and O–H groups in total. The number of nitrogens with one attached hydrogen (secondary N) is 2. The Labute approximate surface area is 145 Å². The number of hydrogen-bond donors (Lipinski definition) is 2. The smallest absolute Gasteiger partial charge is 0.235 e. The minimum absolute atomic E-state index is 0.0568. The molecule has 1 amide bonds. The highest BCUT2D eigenvalue weighted by atomic mass is 16.5. The number of ether oxygens (including phenoxy) is 1. The van der Waals surface area contributed by atoms with Crippen molar-refractivity contribution in [2.45, 2.75) is 44.1 Å². The summed E-state index contributed by atoms with van der Waals surface area (Å²) in [5.74, 6) is 1.25. The first kappa shape index (κ1) is 15.8. The van der Waals surface area contributed by atoms with Gasteiger partial charge in [0.15, 0.2) is 5.82 Å². The minimum Gasteiger partial charge on any atom is -0.493 e. The molecule has 7 nitrogen and oxygen atoms in total. The van der Waals surface area contributed by atoms with Crippen molar-refractivity contribution in [3.63, 3.8) is 0 Å². The average molecular weight is 339 g/mol. The molecule has 1 aliphatic carbocycles. The maximum absolute atomic E-state index is 13.2. The van der Waals surface area contributed by atoms with Crippen LogP contribution in [0.4, 0.5) is 0 Å². The van der Waals surface area contributed by atoms with Crippen LogP contribution in [0.1, 0.15) is 49.2 Å². The van der Waals surface area contributed by atoms with Crippen LogP contribution >= 0.6 is 0 Å². The monoisotopic (exact) mass is 339 g/mol. The number of aryl methyl sites for hydroxylation is 1. The predicted octanol–water partition coefficient (Wildman–Crippen LogP) is 1.99. The molecule has 25 heavy (non-hydrogen) atoms. The standard InChI is InChI=1S/C18H21N5O2/c1-2-12-5-6-15-13(11-12)14(7-10-25-15)19-17(24)18(8-3-4-9-18)16-20-22-23-21-16/h3-6,11,14H,2,7-10H2,1H3,(H,19,24)(H,20,21,22,23)/t14-/m0/s1. The highest BCUT2D eigenvalue weighted by Crippen LogP contribution is 2.38. The molecule has 0 spiro atoms. The number of nitrogens with zero attached hydrogens (tertiary/aromatic N) is 3. The molecule has 0 radical (unpaired) electrons. The summed E-state index contributed by atoms with van der Waals surface area (Å²) in [7, 11) is 0. The van der Waals surface area contributed by atoms with Crippen LogP contribution in [0.15, 0.2) is 30.4 Å². The second-order valence-electron chi connectivity index (χ2n) is 6.59. The zero-order valence-electron chi connectivity index (χ0n) is 14.2. The number of amides is 1. The largest absolute Gasteiger partial charge is 0.493 e. The summed E-state index contributed by atoms with van der Waals surface area (Å²) in [4.78, 5) is 13.2. The third-order valence-corrected chi connectivity index (χ3v) is 5.13. The number of aromatic nitrogens is 4. The molecule has 0 bridgehead atoms. The second kappa shape index (κ2) is 6.31. The van der Waals surface area contributed by atoms with E-state index >= 15 is 0 Å². The molecule has 1 aromatic heterocycles. The van der Waals surface area contributed by atoms with Crippen molar-refractivity contribution in [1.29, 1.82) is 0 Å². The van der Waals surface area contributed by atoms with Crippen molar-refractivity contribution < 1.29 is 9.53 Å². The SMILES string of the molecule is CCc1ccc2c(c1)[C@@H](NC(=O)C1(c3nn[nH]n3)CC=CC1)CCO2. The molecule has 7 heteroatoms. The Hall–Kier alpha value is -2.70. The zero-order chi connectivity index (χ0) is 17.3. The number of tetrazole rings is 1. The molecule has 1 atom stereocenters. The fraction of sp³-hybridized carbons (Fsp3) is 0.444. The van der Waals surface area contributed by atoms with E-state index in [1.807, 2.05) is 18.2 Å². The first-order valence-electron chi connectivity index (χ1n) is 8.68. The van der Waals surface area contributed by atoms with Crippen LogP contribution in [0, 0.1) is 0 Å². The van der Waals surface area contributed by atoms with Crippen LogP contribution in [0.5, 0.6) is 5.75 Å². The highest BCUT2D eigenvalue weighted by Gasteiger charge is 2.45. The third kappa shape index (κ3) is 2.69. The van der Waals surface area contributed by atoms with E-state index < -0.39 is 5.41 Å². The lowest BCUT2D eigenvalue weighted by atomic mass is 9.82. The van der Waals surface area contributed by atoms with E-state index in [1.54, 1.807) is 0 Å². The zero-order valence-corrected chi connectivity index (χ0v) is 14.2. The van der Waals surface area contributed by atoms with Gasteiger partial charge in [0.2, 0.25) is 5.91 Å². The summed E-state index contributed by atoms with van der Waals surface area (Å²) in [5.41, 5.74) is 1.51. The molecule has 0 unspecified atom stereocenters. The number of rotatable bonds is 4. The molecule has 2 aliphatic rings. The number of fused-ring (bicyclic) bond motifs is 1. The summed E-state index contributed by atoms with van der Waals surface area (Å²) in [6, 6.07) is 6.14. The summed E-state index contributed by atoms with van der Waals surface area (Å²) < 4.78 is 5.75. The van der Waals surface area contributed by atoms with E-state index in [4.69, 9.17) is 4.74 Å². The lowest BCUT2D eigenvalue weighted by Crippen LogP contribution is -2.46. The topological polar surface area (TPSA) is 92.8 Å². The van der Waals surface area contributed by atoms with Crippen molar-refractivity contribution in [1.82, 2.24) is 25.9 Å². The first-order valence-corrected chi connectivity index (χ1v) is 8.68. The van der Waals surface area contributed by atoms with E-state index in [0.29, 0.717) is 25.3 Å². The van der Waals surface area contributed by atoms with Crippen LogP contribution < -0.4 is 10.1 Å². The number of benzene rings is 1. The van der Waals surface area contributed by atoms with Gasteiger partial charge in [-0.2, -0.15) is 5.21 Å². The van der Waals surface area contributed by atoms with Crippen LogP contribution in [-0.2, 0) is 16.6 Å². The molecular weight excluding hydrogens is 318 g/mol. The molecule has 0 fully saturated rings. The third-order valence-electron chi connectivity index (χ3n) is 5.13. The van der Waals surface area contributed by atoms with Gasteiger partial charge in [-0.3, -0.25) is 4.79 Å². The van der Waals surface area contributed by atoms with Gasteiger partial charge in [0, 0.05) is 12.0 Å². The van der Waals surface area contributed by atoms with Gasteiger partial charge in [0.05, 0.1) is 12.6 Å². The van der Waals surface area contributed by atoms with E-state index in [0.717, 1.165) is 24.2 Å². The average Bonchev–Trinajstić information content (AvgIpc) is 3.33. The Morgan fingerprint density at radius 3 is 2.96 bits per heavy atom. The molecule has 2 aromatic rings. The molecule has 0 saturated heterocycles. The van der Waals surface area contributed by atoms with E-state index in [1.165, 1.54) is 5.56 Å².